The van der Waals surface area contributed by atoms with E-state index in [2.05, 4.69) is 10.3 Å². The lowest BCUT2D eigenvalue weighted by Crippen LogP contribution is -2.14. The van der Waals surface area contributed by atoms with Crippen LogP contribution in [0.15, 0.2) is 41.8 Å². The molecule has 0 bridgehead atoms. The Morgan fingerprint density at radius 3 is 2.50 bits per heavy atom. The van der Waals surface area contributed by atoms with Crippen LogP contribution in [0.4, 0.5) is 10.1 Å². The highest BCUT2D eigenvalue weighted by atomic mass is 32.1. The number of hydrogen-bond acceptors (Lipinski definition) is 3. The first-order valence-electron chi connectivity index (χ1n) is 8.03. The molecule has 5 nitrogen and oxygen atoms in total. The van der Waals surface area contributed by atoms with E-state index in [0.717, 1.165) is 11.8 Å². The number of nitrogens with one attached hydrogen (secondary N) is 2. The second-order valence-corrected chi connectivity index (χ2v) is 6.06. The molecule has 0 radical (unpaired) electrons. The molecule has 3 rings (SSSR count). The molecule has 0 aliphatic rings. The Bertz CT molecular complexity index is 931. The molecule has 2 aromatic heterocycles. The largest absolute Gasteiger partial charge is 0.478 e. The molecule has 0 spiro atoms. The Morgan fingerprint density at radius 2 is 1.92 bits per heavy atom. The van der Waals surface area contributed by atoms with E-state index in [-0.39, 0.29) is 16.8 Å². The SMILES string of the molecule is CC.Cc1ccc(-c2scc(NC(=O)c3cccc(F)c3)c2C(=O)O)[nH]1. The number of aromatic amines is 1. The maximum atomic E-state index is 13.2. The fourth-order valence-corrected chi connectivity index (χ4v) is 3.29. The third kappa shape index (κ3) is 4.18. The number of rotatable bonds is 4. The van der Waals surface area contributed by atoms with E-state index in [0.29, 0.717) is 10.6 Å². The highest BCUT2D eigenvalue weighted by molar-refractivity contribution is 7.14. The fourth-order valence-electron chi connectivity index (χ4n) is 2.32. The molecule has 0 saturated carbocycles. The summed E-state index contributed by atoms with van der Waals surface area (Å²) < 4.78 is 13.2. The average molecular weight is 374 g/mol. The molecular weight excluding hydrogens is 355 g/mol. The maximum absolute atomic E-state index is 13.2. The smallest absolute Gasteiger partial charge is 0.339 e. The number of aryl methyl sites for hydroxylation is 1. The van der Waals surface area contributed by atoms with Gasteiger partial charge in [0.1, 0.15) is 11.4 Å². The summed E-state index contributed by atoms with van der Waals surface area (Å²) in [5, 5.41) is 13.6. The van der Waals surface area contributed by atoms with E-state index in [1.807, 2.05) is 26.8 Å². The number of carbonyl (C=O) groups is 2. The van der Waals surface area contributed by atoms with Crippen LogP contribution < -0.4 is 5.32 Å². The summed E-state index contributed by atoms with van der Waals surface area (Å²) in [5.41, 5.74) is 1.88. The summed E-state index contributed by atoms with van der Waals surface area (Å²) in [6, 6.07) is 8.83. The molecule has 1 amide bonds. The molecule has 26 heavy (non-hydrogen) atoms. The van der Waals surface area contributed by atoms with Crippen LogP contribution in [0.25, 0.3) is 10.6 Å². The minimum atomic E-state index is -1.15. The zero-order valence-electron chi connectivity index (χ0n) is 14.6. The van der Waals surface area contributed by atoms with E-state index < -0.39 is 17.7 Å². The van der Waals surface area contributed by atoms with E-state index >= 15 is 0 Å². The van der Waals surface area contributed by atoms with Gasteiger partial charge in [-0.25, -0.2) is 9.18 Å². The Morgan fingerprint density at radius 1 is 1.19 bits per heavy atom. The van der Waals surface area contributed by atoms with Gasteiger partial charge in [0.05, 0.1) is 16.3 Å². The predicted molar refractivity (Wildman–Crippen MR) is 102 cm³/mol. The highest BCUT2D eigenvalue weighted by Crippen LogP contribution is 2.35. The molecule has 136 valence electrons. The summed E-state index contributed by atoms with van der Waals surface area (Å²) in [4.78, 5) is 27.5. The maximum Gasteiger partial charge on any atom is 0.339 e. The first-order valence-corrected chi connectivity index (χ1v) is 8.91. The summed E-state index contributed by atoms with van der Waals surface area (Å²) in [5.74, 6) is -2.24. The van der Waals surface area contributed by atoms with Crippen LogP contribution in [0.1, 0.15) is 40.3 Å². The number of carboxylic acids is 1. The van der Waals surface area contributed by atoms with Crippen molar-refractivity contribution in [3.05, 3.63) is 64.4 Å². The lowest BCUT2D eigenvalue weighted by atomic mass is 10.1. The number of carboxylic acid groups (broad SMARTS) is 1. The number of H-pyrrole nitrogens is 1. The van der Waals surface area contributed by atoms with Gasteiger partial charge in [-0.2, -0.15) is 0 Å². The molecule has 1 aromatic carbocycles. The molecule has 0 fully saturated rings. The number of hydrogen-bond donors (Lipinski definition) is 3. The zero-order valence-corrected chi connectivity index (χ0v) is 15.4. The van der Waals surface area contributed by atoms with E-state index in [1.54, 1.807) is 11.4 Å². The quantitative estimate of drug-likeness (QED) is 0.589. The fraction of sp³-hybridized carbons (Fsp3) is 0.158. The second kappa shape index (κ2) is 8.44. The van der Waals surface area contributed by atoms with Crippen molar-refractivity contribution in [2.24, 2.45) is 0 Å². The number of amides is 1. The minimum Gasteiger partial charge on any atom is -0.478 e. The molecule has 0 unspecified atom stereocenters. The van der Waals surface area contributed by atoms with Crippen molar-refractivity contribution in [1.29, 1.82) is 0 Å². The van der Waals surface area contributed by atoms with Gasteiger partial charge in [0.2, 0.25) is 0 Å². The van der Waals surface area contributed by atoms with Crippen molar-refractivity contribution in [2.75, 3.05) is 5.32 Å². The van der Waals surface area contributed by atoms with Crippen LogP contribution in [-0.2, 0) is 0 Å². The zero-order chi connectivity index (χ0) is 19.3. The van der Waals surface area contributed by atoms with Crippen LogP contribution >= 0.6 is 11.3 Å². The van der Waals surface area contributed by atoms with Crippen LogP contribution in [0.3, 0.4) is 0 Å². The summed E-state index contributed by atoms with van der Waals surface area (Å²) in [6.07, 6.45) is 0. The Hall–Kier alpha value is -2.93. The Labute approximate surface area is 154 Å². The summed E-state index contributed by atoms with van der Waals surface area (Å²) in [6.45, 7) is 5.87. The average Bonchev–Trinajstić information content (AvgIpc) is 3.22. The standard InChI is InChI=1S/C17H13FN2O3S.C2H6/c1-9-5-6-12(19-9)15-14(17(22)23)13(8-24-15)20-16(21)10-3-2-4-11(18)7-10;1-2/h2-8,19H,1H3,(H,20,21)(H,22,23);1-2H3. The van der Waals surface area contributed by atoms with Gasteiger partial charge in [-0.05, 0) is 37.3 Å². The highest BCUT2D eigenvalue weighted by Gasteiger charge is 2.22. The van der Waals surface area contributed by atoms with Gasteiger partial charge in [0, 0.05) is 16.6 Å². The first kappa shape index (κ1) is 19.4. The second-order valence-electron chi connectivity index (χ2n) is 5.18. The number of benzene rings is 1. The van der Waals surface area contributed by atoms with Gasteiger partial charge in [-0.3, -0.25) is 4.79 Å². The molecule has 0 aliphatic carbocycles. The minimum absolute atomic E-state index is 0.00611. The summed E-state index contributed by atoms with van der Waals surface area (Å²) in [7, 11) is 0. The van der Waals surface area contributed by atoms with E-state index in [1.165, 1.54) is 29.5 Å². The van der Waals surface area contributed by atoms with Crippen LogP contribution in [0.5, 0.6) is 0 Å². The number of thiophene rings is 1. The molecule has 7 heteroatoms. The molecule has 0 atom stereocenters. The molecule has 3 aromatic rings. The van der Waals surface area contributed by atoms with Crippen molar-refractivity contribution in [3.63, 3.8) is 0 Å². The van der Waals surface area contributed by atoms with Crippen molar-refractivity contribution in [2.45, 2.75) is 20.8 Å². The van der Waals surface area contributed by atoms with Crippen molar-refractivity contribution in [3.8, 4) is 10.6 Å². The molecule has 2 heterocycles. The number of aromatic carboxylic acids is 1. The molecule has 3 N–H and O–H groups in total. The predicted octanol–water partition coefficient (Wildman–Crippen LogP) is 5.17. The van der Waals surface area contributed by atoms with Crippen molar-refractivity contribution in [1.82, 2.24) is 4.98 Å². The lowest BCUT2D eigenvalue weighted by Gasteiger charge is -2.06. The first-order chi connectivity index (χ1) is 12.5. The monoisotopic (exact) mass is 374 g/mol. The molecular formula is C19H19FN2O3S. The topological polar surface area (TPSA) is 82.2 Å². The summed E-state index contributed by atoms with van der Waals surface area (Å²) >= 11 is 1.21. The van der Waals surface area contributed by atoms with E-state index in [4.69, 9.17) is 0 Å². The Balaban J connectivity index is 0.00000117. The lowest BCUT2D eigenvalue weighted by molar-refractivity contribution is 0.0699. The number of anilines is 1. The van der Waals surface area contributed by atoms with Crippen LogP contribution in [-0.4, -0.2) is 22.0 Å². The number of aromatic nitrogens is 1. The van der Waals surface area contributed by atoms with Crippen LogP contribution in [0.2, 0.25) is 0 Å². The van der Waals surface area contributed by atoms with Gasteiger partial charge in [0.15, 0.2) is 0 Å². The van der Waals surface area contributed by atoms with Crippen LogP contribution in [0, 0.1) is 12.7 Å². The molecule has 0 saturated heterocycles. The van der Waals surface area contributed by atoms with Gasteiger partial charge in [-0.15, -0.1) is 11.3 Å². The third-order valence-corrected chi connectivity index (χ3v) is 4.43. The Kier molecular flexibility index (Phi) is 6.30. The number of carbonyl (C=O) groups excluding carboxylic acids is 1. The number of halogens is 1. The van der Waals surface area contributed by atoms with Crippen molar-refractivity contribution < 1.29 is 19.1 Å². The van der Waals surface area contributed by atoms with Gasteiger partial charge < -0.3 is 15.4 Å². The van der Waals surface area contributed by atoms with Gasteiger partial charge in [0.25, 0.3) is 5.91 Å². The van der Waals surface area contributed by atoms with Crippen molar-refractivity contribution >= 4 is 28.9 Å². The normalized spacial score (nSPS) is 10.0. The van der Waals surface area contributed by atoms with E-state index in [9.17, 15) is 19.1 Å². The third-order valence-electron chi connectivity index (χ3n) is 3.42. The van der Waals surface area contributed by atoms with Gasteiger partial charge >= 0.3 is 5.97 Å². The molecule has 0 aliphatic heterocycles. The van der Waals surface area contributed by atoms with Gasteiger partial charge in [-0.1, -0.05) is 19.9 Å².